The van der Waals surface area contributed by atoms with Crippen molar-refractivity contribution in [2.24, 2.45) is 5.92 Å². The molecule has 1 aliphatic rings. The molecule has 1 saturated carbocycles. The van der Waals surface area contributed by atoms with Gasteiger partial charge in [0.1, 0.15) is 5.82 Å². The highest BCUT2D eigenvalue weighted by molar-refractivity contribution is 6.05. The number of anilines is 2. The average molecular weight is 372 g/mol. The summed E-state index contributed by atoms with van der Waals surface area (Å²) in [5.41, 5.74) is 3.24. The standard InChI is InChI=1S/C22H20N4O2/c27-21(17-6-7-17)26-20-12-18(8-9-24-20)22(28)25-19-11-16(13-23-14-19)10-15-4-2-1-3-5-15/h1-5,8-9,11-14,17H,6-7,10H2,(H,25,28)(H,24,26,27). The van der Waals surface area contributed by atoms with Gasteiger partial charge in [-0.3, -0.25) is 14.6 Å². The zero-order valence-electron chi connectivity index (χ0n) is 15.3. The number of benzene rings is 1. The van der Waals surface area contributed by atoms with Crippen molar-refractivity contribution in [3.8, 4) is 0 Å². The van der Waals surface area contributed by atoms with E-state index >= 15 is 0 Å². The molecule has 0 spiro atoms. The lowest BCUT2D eigenvalue weighted by Crippen LogP contribution is -2.16. The Morgan fingerprint density at radius 2 is 1.79 bits per heavy atom. The first-order valence-electron chi connectivity index (χ1n) is 9.23. The maximum atomic E-state index is 12.6. The Morgan fingerprint density at radius 1 is 0.964 bits per heavy atom. The van der Waals surface area contributed by atoms with Crippen LogP contribution in [0.3, 0.4) is 0 Å². The van der Waals surface area contributed by atoms with Crippen LogP contribution in [0.25, 0.3) is 0 Å². The van der Waals surface area contributed by atoms with Gasteiger partial charge in [-0.25, -0.2) is 4.98 Å². The molecule has 2 aromatic heterocycles. The molecule has 0 saturated heterocycles. The molecule has 2 N–H and O–H groups in total. The third kappa shape index (κ3) is 4.59. The predicted octanol–water partition coefficient (Wildman–Crippen LogP) is 3.67. The Morgan fingerprint density at radius 3 is 2.57 bits per heavy atom. The summed E-state index contributed by atoms with van der Waals surface area (Å²) >= 11 is 0. The van der Waals surface area contributed by atoms with Gasteiger partial charge in [0.25, 0.3) is 5.91 Å². The fourth-order valence-electron chi connectivity index (χ4n) is 2.90. The van der Waals surface area contributed by atoms with E-state index in [1.807, 2.05) is 24.3 Å². The van der Waals surface area contributed by atoms with Crippen LogP contribution in [0.1, 0.15) is 34.3 Å². The van der Waals surface area contributed by atoms with Gasteiger partial charge in [-0.05, 0) is 48.6 Å². The van der Waals surface area contributed by atoms with Gasteiger partial charge in [0.2, 0.25) is 5.91 Å². The smallest absolute Gasteiger partial charge is 0.255 e. The number of hydrogen-bond acceptors (Lipinski definition) is 4. The number of aromatic nitrogens is 2. The highest BCUT2D eigenvalue weighted by atomic mass is 16.2. The molecule has 0 bridgehead atoms. The summed E-state index contributed by atoms with van der Waals surface area (Å²) in [6.45, 7) is 0. The van der Waals surface area contributed by atoms with Gasteiger partial charge in [-0.1, -0.05) is 30.3 Å². The minimum Gasteiger partial charge on any atom is -0.321 e. The van der Waals surface area contributed by atoms with E-state index in [2.05, 4.69) is 32.7 Å². The Labute approximate surface area is 163 Å². The first-order valence-corrected chi connectivity index (χ1v) is 9.23. The minimum absolute atomic E-state index is 0.0390. The molecule has 1 aliphatic carbocycles. The molecule has 28 heavy (non-hydrogen) atoms. The molecular formula is C22H20N4O2. The lowest BCUT2D eigenvalue weighted by molar-refractivity contribution is -0.117. The van der Waals surface area contributed by atoms with Crippen LogP contribution in [0.15, 0.2) is 67.1 Å². The number of amides is 2. The second-order valence-electron chi connectivity index (χ2n) is 6.89. The van der Waals surface area contributed by atoms with E-state index in [4.69, 9.17) is 0 Å². The fraction of sp³-hybridized carbons (Fsp3) is 0.182. The van der Waals surface area contributed by atoms with Crippen molar-refractivity contribution in [1.82, 2.24) is 9.97 Å². The van der Waals surface area contributed by atoms with Crippen LogP contribution in [-0.2, 0) is 11.2 Å². The van der Waals surface area contributed by atoms with Gasteiger partial charge in [0, 0.05) is 23.9 Å². The van der Waals surface area contributed by atoms with Crippen molar-refractivity contribution >= 4 is 23.3 Å². The largest absolute Gasteiger partial charge is 0.321 e. The topological polar surface area (TPSA) is 84.0 Å². The van der Waals surface area contributed by atoms with E-state index in [9.17, 15) is 9.59 Å². The van der Waals surface area contributed by atoms with Gasteiger partial charge in [-0.2, -0.15) is 0 Å². The molecular weight excluding hydrogens is 352 g/mol. The van der Waals surface area contributed by atoms with Crippen LogP contribution >= 0.6 is 0 Å². The summed E-state index contributed by atoms with van der Waals surface area (Å²) < 4.78 is 0. The van der Waals surface area contributed by atoms with Crippen LogP contribution in [0.5, 0.6) is 0 Å². The number of nitrogens with zero attached hydrogens (tertiary/aromatic N) is 2. The zero-order valence-corrected chi connectivity index (χ0v) is 15.3. The van der Waals surface area contributed by atoms with E-state index < -0.39 is 0 Å². The first-order chi connectivity index (χ1) is 13.7. The second kappa shape index (κ2) is 8.00. The zero-order chi connectivity index (χ0) is 19.3. The van der Waals surface area contributed by atoms with Gasteiger partial charge < -0.3 is 10.6 Å². The molecule has 3 aromatic rings. The van der Waals surface area contributed by atoms with E-state index in [1.165, 1.54) is 11.8 Å². The number of nitrogens with one attached hydrogen (secondary N) is 2. The van der Waals surface area contributed by atoms with Gasteiger partial charge in [0.05, 0.1) is 11.9 Å². The summed E-state index contributed by atoms with van der Waals surface area (Å²) in [7, 11) is 0. The van der Waals surface area contributed by atoms with Crippen LogP contribution in [0.4, 0.5) is 11.5 Å². The van der Waals surface area contributed by atoms with E-state index in [0.717, 1.165) is 24.8 Å². The molecule has 140 valence electrons. The Kier molecular flexibility index (Phi) is 5.10. The summed E-state index contributed by atoms with van der Waals surface area (Å²) in [5, 5.41) is 5.62. The molecule has 6 nitrogen and oxygen atoms in total. The van der Waals surface area contributed by atoms with E-state index in [1.54, 1.807) is 24.5 Å². The first kappa shape index (κ1) is 17.9. The average Bonchev–Trinajstić information content (AvgIpc) is 3.55. The summed E-state index contributed by atoms with van der Waals surface area (Å²) in [5.74, 6) is 0.157. The Balaban J connectivity index is 1.43. The normalized spacial score (nSPS) is 13.0. The molecule has 2 amide bonds. The molecule has 0 radical (unpaired) electrons. The predicted molar refractivity (Wildman–Crippen MR) is 107 cm³/mol. The van der Waals surface area contributed by atoms with Crippen LogP contribution in [-0.4, -0.2) is 21.8 Å². The molecule has 1 aromatic carbocycles. The molecule has 2 heterocycles. The maximum absolute atomic E-state index is 12.6. The molecule has 1 fully saturated rings. The number of pyridine rings is 2. The third-order valence-electron chi connectivity index (χ3n) is 4.53. The van der Waals surface area contributed by atoms with Crippen molar-refractivity contribution in [2.45, 2.75) is 19.3 Å². The molecule has 0 unspecified atom stereocenters. The van der Waals surface area contributed by atoms with Crippen molar-refractivity contribution in [2.75, 3.05) is 10.6 Å². The van der Waals surface area contributed by atoms with Crippen molar-refractivity contribution < 1.29 is 9.59 Å². The SMILES string of the molecule is O=C(Nc1cncc(Cc2ccccc2)c1)c1ccnc(NC(=O)C2CC2)c1. The Hall–Kier alpha value is -3.54. The van der Waals surface area contributed by atoms with Crippen molar-refractivity contribution in [3.05, 3.63) is 83.8 Å². The molecule has 4 rings (SSSR count). The summed E-state index contributed by atoms with van der Waals surface area (Å²) in [6.07, 6.45) is 7.49. The number of hydrogen-bond donors (Lipinski definition) is 2. The van der Waals surface area contributed by atoms with Gasteiger partial charge in [0.15, 0.2) is 0 Å². The quantitative estimate of drug-likeness (QED) is 0.691. The maximum Gasteiger partial charge on any atom is 0.255 e. The highest BCUT2D eigenvalue weighted by Gasteiger charge is 2.29. The Bertz CT molecular complexity index is 1000. The fourth-order valence-corrected chi connectivity index (χ4v) is 2.90. The molecule has 0 atom stereocenters. The second-order valence-corrected chi connectivity index (χ2v) is 6.89. The summed E-state index contributed by atoms with van der Waals surface area (Å²) in [4.78, 5) is 32.8. The van der Waals surface area contributed by atoms with Gasteiger partial charge in [-0.15, -0.1) is 0 Å². The monoisotopic (exact) mass is 372 g/mol. The van der Waals surface area contributed by atoms with Crippen molar-refractivity contribution in [3.63, 3.8) is 0 Å². The number of carbonyl (C=O) groups is 2. The minimum atomic E-state index is -0.275. The van der Waals surface area contributed by atoms with Gasteiger partial charge >= 0.3 is 0 Å². The van der Waals surface area contributed by atoms with Crippen LogP contribution in [0.2, 0.25) is 0 Å². The third-order valence-corrected chi connectivity index (χ3v) is 4.53. The number of rotatable bonds is 6. The lowest BCUT2D eigenvalue weighted by Gasteiger charge is -2.09. The summed E-state index contributed by atoms with van der Waals surface area (Å²) in [6, 6.07) is 15.2. The molecule has 6 heteroatoms. The van der Waals surface area contributed by atoms with E-state index in [-0.39, 0.29) is 17.7 Å². The van der Waals surface area contributed by atoms with E-state index in [0.29, 0.717) is 17.1 Å². The van der Waals surface area contributed by atoms with Crippen LogP contribution in [0, 0.1) is 5.92 Å². The lowest BCUT2D eigenvalue weighted by atomic mass is 10.1. The van der Waals surface area contributed by atoms with Crippen molar-refractivity contribution in [1.29, 1.82) is 0 Å². The molecule has 0 aliphatic heterocycles. The number of carbonyl (C=O) groups excluding carboxylic acids is 2. The van der Waals surface area contributed by atoms with Crippen LogP contribution < -0.4 is 10.6 Å². The highest BCUT2D eigenvalue weighted by Crippen LogP contribution is 2.30.